The van der Waals surface area contributed by atoms with E-state index in [0.717, 1.165) is 29.0 Å². The fourth-order valence-electron chi connectivity index (χ4n) is 3.16. The van der Waals surface area contributed by atoms with Crippen molar-refractivity contribution < 1.29 is 23.7 Å². The lowest BCUT2D eigenvalue weighted by Crippen LogP contribution is -2.06. The Labute approximate surface area is 189 Å². The maximum absolute atomic E-state index is 11.7. The van der Waals surface area contributed by atoms with Crippen LogP contribution < -0.4 is 9.47 Å². The predicted molar refractivity (Wildman–Crippen MR) is 126 cm³/mol. The molecule has 166 valence electrons. The second-order valence-electron chi connectivity index (χ2n) is 7.16. The van der Waals surface area contributed by atoms with Crippen LogP contribution in [0.3, 0.4) is 0 Å². The SMILES string of the molecule is COC(=O)C(=Cc1ccc(OCCCOc2ccc(-c3ccccc3)cc2)cc1C)OC. The molecule has 0 N–H and O–H groups in total. The van der Waals surface area contributed by atoms with E-state index in [1.807, 2.05) is 55.5 Å². The maximum Gasteiger partial charge on any atom is 0.373 e. The lowest BCUT2D eigenvalue weighted by Gasteiger charge is -2.11. The van der Waals surface area contributed by atoms with Crippen LogP contribution in [0.5, 0.6) is 11.5 Å². The highest BCUT2D eigenvalue weighted by Gasteiger charge is 2.10. The number of carbonyl (C=O) groups is 1. The van der Waals surface area contributed by atoms with Crippen LogP contribution in [0.1, 0.15) is 17.5 Å². The minimum atomic E-state index is -0.512. The lowest BCUT2D eigenvalue weighted by molar-refractivity contribution is -0.139. The van der Waals surface area contributed by atoms with E-state index < -0.39 is 5.97 Å². The van der Waals surface area contributed by atoms with Crippen LogP contribution in [0.4, 0.5) is 0 Å². The van der Waals surface area contributed by atoms with Gasteiger partial charge in [-0.15, -0.1) is 0 Å². The molecule has 0 fully saturated rings. The summed E-state index contributed by atoms with van der Waals surface area (Å²) in [5.74, 6) is 1.25. The molecule has 3 aromatic rings. The van der Waals surface area contributed by atoms with E-state index in [1.54, 1.807) is 6.08 Å². The van der Waals surface area contributed by atoms with Gasteiger partial charge in [-0.05, 0) is 59.5 Å². The molecule has 0 aliphatic rings. The molecule has 5 nitrogen and oxygen atoms in total. The van der Waals surface area contributed by atoms with Crippen LogP contribution in [0.2, 0.25) is 0 Å². The minimum Gasteiger partial charge on any atom is -0.493 e. The van der Waals surface area contributed by atoms with Crippen molar-refractivity contribution in [1.82, 2.24) is 0 Å². The topological polar surface area (TPSA) is 54.0 Å². The van der Waals surface area contributed by atoms with E-state index in [2.05, 4.69) is 24.3 Å². The third-order valence-electron chi connectivity index (χ3n) is 4.92. The maximum atomic E-state index is 11.7. The predicted octanol–water partition coefficient (Wildman–Crippen LogP) is 5.67. The Morgan fingerprint density at radius 3 is 2.03 bits per heavy atom. The van der Waals surface area contributed by atoms with Crippen molar-refractivity contribution in [3.8, 4) is 22.6 Å². The molecular weight excluding hydrogens is 404 g/mol. The summed E-state index contributed by atoms with van der Waals surface area (Å²) in [6.07, 6.45) is 2.42. The molecule has 5 heteroatoms. The summed E-state index contributed by atoms with van der Waals surface area (Å²) in [6.45, 7) is 3.06. The molecule has 3 aromatic carbocycles. The van der Waals surface area contributed by atoms with Gasteiger partial charge >= 0.3 is 5.97 Å². The number of carbonyl (C=O) groups excluding carboxylic acids is 1. The number of ether oxygens (including phenoxy) is 4. The molecule has 0 aliphatic carbocycles. The fourth-order valence-corrected chi connectivity index (χ4v) is 3.16. The second-order valence-corrected chi connectivity index (χ2v) is 7.16. The number of esters is 1. The molecule has 0 amide bonds. The van der Waals surface area contributed by atoms with Crippen molar-refractivity contribution in [3.63, 3.8) is 0 Å². The molecule has 0 aliphatic heterocycles. The number of aryl methyl sites for hydroxylation is 1. The van der Waals surface area contributed by atoms with E-state index in [0.29, 0.717) is 13.2 Å². The van der Waals surface area contributed by atoms with Crippen molar-refractivity contribution in [1.29, 1.82) is 0 Å². The van der Waals surface area contributed by atoms with Gasteiger partial charge in [0.2, 0.25) is 5.76 Å². The van der Waals surface area contributed by atoms with Gasteiger partial charge in [0, 0.05) is 6.42 Å². The van der Waals surface area contributed by atoms with Crippen LogP contribution in [0.25, 0.3) is 17.2 Å². The second kappa shape index (κ2) is 11.6. The minimum absolute atomic E-state index is 0.151. The van der Waals surface area contributed by atoms with Crippen molar-refractivity contribution in [2.24, 2.45) is 0 Å². The van der Waals surface area contributed by atoms with Gasteiger partial charge in [0.05, 0.1) is 27.4 Å². The summed E-state index contributed by atoms with van der Waals surface area (Å²) in [5, 5.41) is 0. The Morgan fingerprint density at radius 1 is 0.781 bits per heavy atom. The highest BCUT2D eigenvalue weighted by Crippen LogP contribution is 2.23. The number of methoxy groups -OCH3 is 2. The van der Waals surface area contributed by atoms with Gasteiger partial charge < -0.3 is 18.9 Å². The molecule has 32 heavy (non-hydrogen) atoms. The van der Waals surface area contributed by atoms with Gasteiger partial charge in [-0.1, -0.05) is 48.5 Å². The zero-order chi connectivity index (χ0) is 22.8. The molecule has 0 saturated carbocycles. The molecule has 0 heterocycles. The van der Waals surface area contributed by atoms with Gasteiger partial charge in [0.25, 0.3) is 0 Å². The molecule has 0 bridgehead atoms. The highest BCUT2D eigenvalue weighted by molar-refractivity contribution is 5.91. The Bertz CT molecular complexity index is 1040. The fraction of sp³-hybridized carbons (Fsp3) is 0.222. The van der Waals surface area contributed by atoms with Gasteiger partial charge in [0.15, 0.2) is 0 Å². The molecule has 0 saturated heterocycles. The third-order valence-corrected chi connectivity index (χ3v) is 4.92. The van der Waals surface area contributed by atoms with E-state index in [-0.39, 0.29) is 5.76 Å². The summed E-state index contributed by atoms with van der Waals surface area (Å²) in [6, 6.07) is 24.0. The summed E-state index contributed by atoms with van der Waals surface area (Å²) >= 11 is 0. The first kappa shape index (κ1) is 22.9. The van der Waals surface area contributed by atoms with E-state index in [4.69, 9.17) is 18.9 Å². The summed E-state index contributed by atoms with van der Waals surface area (Å²) in [5.41, 5.74) is 4.18. The Kier molecular flexibility index (Phi) is 8.32. The van der Waals surface area contributed by atoms with Crippen LogP contribution in [-0.4, -0.2) is 33.4 Å². The van der Waals surface area contributed by atoms with Crippen molar-refractivity contribution >= 4 is 12.0 Å². The Morgan fingerprint density at radius 2 is 1.41 bits per heavy atom. The van der Waals surface area contributed by atoms with E-state index in [9.17, 15) is 4.79 Å². The number of hydrogen-bond acceptors (Lipinski definition) is 5. The van der Waals surface area contributed by atoms with E-state index in [1.165, 1.54) is 25.3 Å². The van der Waals surface area contributed by atoms with Crippen molar-refractivity contribution in [2.75, 3.05) is 27.4 Å². The largest absolute Gasteiger partial charge is 0.493 e. The van der Waals surface area contributed by atoms with Crippen LogP contribution in [0, 0.1) is 6.92 Å². The van der Waals surface area contributed by atoms with E-state index >= 15 is 0 Å². The highest BCUT2D eigenvalue weighted by atomic mass is 16.6. The number of benzene rings is 3. The molecule has 3 rings (SSSR count). The first-order valence-electron chi connectivity index (χ1n) is 10.5. The van der Waals surface area contributed by atoms with Crippen LogP contribution in [-0.2, 0) is 14.3 Å². The smallest absolute Gasteiger partial charge is 0.373 e. The zero-order valence-corrected chi connectivity index (χ0v) is 18.7. The van der Waals surface area contributed by atoms with Gasteiger partial charge in [0.1, 0.15) is 11.5 Å². The van der Waals surface area contributed by atoms with Crippen molar-refractivity contribution in [2.45, 2.75) is 13.3 Å². The number of hydrogen-bond donors (Lipinski definition) is 0. The molecule has 0 unspecified atom stereocenters. The molecular formula is C27H28O5. The zero-order valence-electron chi connectivity index (χ0n) is 18.7. The molecule has 0 aromatic heterocycles. The molecule has 0 spiro atoms. The lowest BCUT2D eigenvalue weighted by atomic mass is 10.1. The average molecular weight is 433 g/mol. The first-order chi connectivity index (χ1) is 15.6. The van der Waals surface area contributed by atoms with Crippen LogP contribution >= 0.6 is 0 Å². The van der Waals surface area contributed by atoms with Crippen LogP contribution in [0.15, 0.2) is 78.6 Å². The first-order valence-corrected chi connectivity index (χ1v) is 10.5. The van der Waals surface area contributed by atoms with Crippen molar-refractivity contribution in [3.05, 3.63) is 89.7 Å². The Hall–Kier alpha value is -3.73. The summed E-state index contributed by atoms with van der Waals surface area (Å²) < 4.78 is 21.4. The third kappa shape index (κ3) is 6.38. The molecule has 0 atom stereocenters. The van der Waals surface area contributed by atoms with Gasteiger partial charge in [-0.3, -0.25) is 0 Å². The monoisotopic (exact) mass is 432 g/mol. The van der Waals surface area contributed by atoms with Gasteiger partial charge in [-0.2, -0.15) is 0 Å². The van der Waals surface area contributed by atoms with Gasteiger partial charge in [-0.25, -0.2) is 4.79 Å². The molecule has 0 radical (unpaired) electrons. The number of rotatable bonds is 10. The quantitative estimate of drug-likeness (QED) is 0.179. The normalized spacial score (nSPS) is 11.0. The summed E-state index contributed by atoms with van der Waals surface area (Å²) in [7, 11) is 2.76. The summed E-state index contributed by atoms with van der Waals surface area (Å²) in [4.78, 5) is 11.7. The Balaban J connectivity index is 1.45. The standard InChI is InChI=1S/C27H28O5/c1-20-18-25(15-12-23(20)19-26(29-2)27(28)30-3)32-17-7-16-31-24-13-10-22(11-14-24)21-8-5-4-6-9-21/h4-6,8-15,18-19H,7,16-17H2,1-3H3. The average Bonchev–Trinajstić information content (AvgIpc) is 2.84.